The molecule has 1 fully saturated rings. The fourth-order valence-corrected chi connectivity index (χ4v) is 2.56. The summed E-state index contributed by atoms with van der Waals surface area (Å²) in [5, 5.41) is 2.47. The van der Waals surface area contributed by atoms with E-state index in [4.69, 9.17) is 12.2 Å². The van der Waals surface area contributed by atoms with E-state index in [1.54, 1.807) is 0 Å². The van der Waals surface area contributed by atoms with Gasteiger partial charge in [0.15, 0.2) is 11.0 Å². The van der Waals surface area contributed by atoms with Crippen LogP contribution in [0.15, 0.2) is 29.3 Å². The van der Waals surface area contributed by atoms with Crippen LogP contribution >= 0.6 is 12.2 Å². The summed E-state index contributed by atoms with van der Waals surface area (Å²) in [5.41, 5.74) is 0.404. The number of anilines is 1. The van der Waals surface area contributed by atoms with Crippen molar-refractivity contribution >= 4 is 41.0 Å². The largest absolute Gasteiger partial charge is 0.340 e. The Morgan fingerprint density at radius 2 is 2.00 bits per heavy atom. The molecule has 1 aliphatic heterocycles. The van der Waals surface area contributed by atoms with Crippen LogP contribution in [0, 0.1) is 11.7 Å². The van der Waals surface area contributed by atoms with Crippen molar-refractivity contribution in [2.24, 2.45) is 10.9 Å². The molecule has 8 heteroatoms. The molecule has 1 aliphatic rings. The van der Waals surface area contributed by atoms with E-state index in [2.05, 4.69) is 10.3 Å². The third-order valence-electron chi connectivity index (χ3n) is 3.51. The van der Waals surface area contributed by atoms with Crippen molar-refractivity contribution in [3.05, 3.63) is 30.1 Å². The van der Waals surface area contributed by atoms with Crippen molar-refractivity contribution in [2.75, 3.05) is 32.1 Å². The number of halogens is 1. The molecule has 0 bridgehead atoms. The zero-order chi connectivity index (χ0) is 17.7. The molecule has 1 saturated heterocycles. The predicted octanol–water partition coefficient (Wildman–Crippen LogP) is -0.205. The first-order chi connectivity index (χ1) is 11.4. The molecule has 1 aromatic rings. The van der Waals surface area contributed by atoms with Crippen LogP contribution in [0.2, 0.25) is 0 Å². The van der Waals surface area contributed by atoms with E-state index in [0.717, 1.165) is 13.0 Å². The maximum absolute atomic E-state index is 13.1. The quantitative estimate of drug-likeness (QED) is 0.323. The van der Waals surface area contributed by atoms with Gasteiger partial charge in [-0.25, -0.2) is 4.39 Å². The first-order valence-corrected chi connectivity index (χ1v) is 8.04. The standard InChI is InChI=1S/C16H19FN4O2S/c1-20(2)9-3-8-18-10-13-14(22)19-16(24)21(15(13)23)12-6-4-11(17)5-7-12/h4-7,10,13H,3,8-9H2,1-2H3,(H,19,22,24)/p+1. The number of nitrogens with zero attached hydrogens (tertiary/aromatic N) is 2. The Kier molecular flexibility index (Phi) is 6.10. The van der Waals surface area contributed by atoms with Gasteiger partial charge in [0.05, 0.1) is 26.3 Å². The molecule has 0 aliphatic carbocycles. The molecule has 2 amide bonds. The minimum absolute atomic E-state index is 0.0162. The highest BCUT2D eigenvalue weighted by Crippen LogP contribution is 2.20. The average Bonchev–Trinajstić information content (AvgIpc) is 2.51. The molecule has 0 radical (unpaired) electrons. The Bertz CT molecular complexity index is 661. The van der Waals surface area contributed by atoms with Gasteiger partial charge in [-0.3, -0.25) is 19.5 Å². The van der Waals surface area contributed by atoms with Gasteiger partial charge in [-0.1, -0.05) is 0 Å². The summed E-state index contributed by atoms with van der Waals surface area (Å²) in [6.45, 7) is 1.50. The van der Waals surface area contributed by atoms with Gasteiger partial charge in [-0.15, -0.1) is 0 Å². The van der Waals surface area contributed by atoms with Crippen LogP contribution in [0.4, 0.5) is 10.1 Å². The lowest BCUT2D eigenvalue weighted by molar-refractivity contribution is -0.858. The first-order valence-electron chi connectivity index (χ1n) is 7.63. The van der Waals surface area contributed by atoms with Crippen molar-refractivity contribution in [3.63, 3.8) is 0 Å². The van der Waals surface area contributed by atoms with E-state index < -0.39 is 23.5 Å². The highest BCUT2D eigenvalue weighted by molar-refractivity contribution is 7.80. The zero-order valence-electron chi connectivity index (χ0n) is 13.6. The number of carbonyl (C=O) groups excluding carboxylic acids is 2. The number of thiocarbonyl (C=S) groups is 1. The Balaban J connectivity index is 2.10. The topological polar surface area (TPSA) is 66.2 Å². The van der Waals surface area contributed by atoms with E-state index in [9.17, 15) is 14.0 Å². The Morgan fingerprint density at radius 3 is 2.62 bits per heavy atom. The molecule has 128 valence electrons. The summed E-state index contributed by atoms with van der Waals surface area (Å²) in [7, 11) is 4.09. The van der Waals surface area contributed by atoms with Gasteiger partial charge < -0.3 is 10.2 Å². The van der Waals surface area contributed by atoms with Gasteiger partial charge in [0.25, 0.3) is 5.91 Å². The number of hydrogen-bond acceptors (Lipinski definition) is 4. The zero-order valence-corrected chi connectivity index (χ0v) is 14.4. The molecule has 6 nitrogen and oxygen atoms in total. The molecule has 0 aromatic heterocycles. The van der Waals surface area contributed by atoms with Crippen LogP contribution < -0.4 is 15.1 Å². The highest BCUT2D eigenvalue weighted by Gasteiger charge is 2.38. The minimum Gasteiger partial charge on any atom is -0.340 e. The van der Waals surface area contributed by atoms with Crippen LogP contribution in [0.5, 0.6) is 0 Å². The van der Waals surface area contributed by atoms with Gasteiger partial charge in [0.2, 0.25) is 5.91 Å². The van der Waals surface area contributed by atoms with E-state index in [1.807, 2.05) is 14.1 Å². The second-order valence-electron chi connectivity index (χ2n) is 5.79. The van der Waals surface area contributed by atoms with Crippen molar-refractivity contribution in [3.8, 4) is 0 Å². The number of benzene rings is 1. The molecular weight excluding hydrogens is 331 g/mol. The van der Waals surface area contributed by atoms with Crippen molar-refractivity contribution in [2.45, 2.75) is 6.42 Å². The summed E-state index contributed by atoms with van der Waals surface area (Å²) in [6, 6.07) is 5.33. The molecule has 0 spiro atoms. The molecule has 2 N–H and O–H groups in total. The number of quaternary nitrogens is 1. The third-order valence-corrected chi connectivity index (χ3v) is 3.79. The number of hydrogen-bond donors (Lipinski definition) is 2. The summed E-state index contributed by atoms with van der Waals surface area (Å²) in [6.07, 6.45) is 2.22. The second-order valence-corrected chi connectivity index (χ2v) is 6.17. The number of nitrogens with one attached hydrogen (secondary N) is 2. The van der Waals surface area contributed by atoms with Gasteiger partial charge in [-0.2, -0.15) is 0 Å². The molecule has 0 saturated carbocycles. The van der Waals surface area contributed by atoms with Crippen molar-refractivity contribution < 1.29 is 18.9 Å². The SMILES string of the molecule is C[NH+](C)CCCN=CC1C(=O)NC(=S)N(c2ccc(F)cc2)C1=O. The fourth-order valence-electron chi connectivity index (χ4n) is 2.26. The molecule has 1 unspecified atom stereocenters. The Labute approximate surface area is 145 Å². The molecular formula is C16H20FN4O2S+. The fraction of sp³-hybridized carbons (Fsp3) is 0.375. The van der Waals surface area contributed by atoms with Crippen molar-refractivity contribution in [1.82, 2.24) is 5.32 Å². The van der Waals surface area contributed by atoms with Crippen LogP contribution in [-0.4, -0.2) is 50.3 Å². The summed E-state index contributed by atoms with van der Waals surface area (Å²) >= 11 is 5.06. The number of carbonyl (C=O) groups is 2. The van der Waals surface area contributed by atoms with E-state index in [1.165, 1.54) is 40.3 Å². The lowest BCUT2D eigenvalue weighted by Crippen LogP contribution is -3.05. The van der Waals surface area contributed by atoms with Gasteiger partial charge in [0.1, 0.15) is 5.82 Å². The predicted molar refractivity (Wildman–Crippen MR) is 93.8 cm³/mol. The molecule has 24 heavy (non-hydrogen) atoms. The molecule has 1 heterocycles. The second kappa shape index (κ2) is 8.07. The number of rotatable bonds is 6. The molecule has 1 aromatic carbocycles. The number of aliphatic imine (C=N–C) groups is 1. The van der Waals surface area contributed by atoms with Gasteiger partial charge in [-0.05, 0) is 36.5 Å². The summed E-state index contributed by atoms with van der Waals surface area (Å²) < 4.78 is 13.1. The first kappa shape index (κ1) is 18.2. The maximum atomic E-state index is 13.1. The molecule has 1 atom stereocenters. The van der Waals surface area contributed by atoms with Gasteiger partial charge in [0, 0.05) is 19.2 Å². The Hall–Kier alpha value is -2.19. The average molecular weight is 351 g/mol. The third kappa shape index (κ3) is 4.42. The van der Waals surface area contributed by atoms with Crippen LogP contribution in [-0.2, 0) is 9.59 Å². The highest BCUT2D eigenvalue weighted by atomic mass is 32.1. The maximum Gasteiger partial charge on any atom is 0.251 e. The monoisotopic (exact) mass is 351 g/mol. The number of amides is 2. The van der Waals surface area contributed by atoms with Gasteiger partial charge >= 0.3 is 0 Å². The van der Waals surface area contributed by atoms with Crippen LogP contribution in [0.3, 0.4) is 0 Å². The van der Waals surface area contributed by atoms with E-state index in [-0.39, 0.29) is 5.11 Å². The van der Waals surface area contributed by atoms with Crippen molar-refractivity contribution in [1.29, 1.82) is 0 Å². The van der Waals surface area contributed by atoms with E-state index in [0.29, 0.717) is 12.2 Å². The summed E-state index contributed by atoms with van der Waals surface area (Å²) in [5.74, 6) is -2.43. The molecule has 2 rings (SSSR count). The summed E-state index contributed by atoms with van der Waals surface area (Å²) in [4.78, 5) is 31.3. The normalized spacial score (nSPS) is 18.6. The minimum atomic E-state index is -1.03. The van der Waals surface area contributed by atoms with Crippen LogP contribution in [0.25, 0.3) is 0 Å². The Morgan fingerprint density at radius 1 is 1.33 bits per heavy atom. The van der Waals surface area contributed by atoms with Crippen LogP contribution in [0.1, 0.15) is 6.42 Å². The smallest absolute Gasteiger partial charge is 0.251 e. The lowest BCUT2D eigenvalue weighted by atomic mass is 10.1. The lowest BCUT2D eigenvalue weighted by Gasteiger charge is -2.30. The van der Waals surface area contributed by atoms with E-state index >= 15 is 0 Å².